The summed E-state index contributed by atoms with van der Waals surface area (Å²) in [5.74, 6) is 4.72. The van der Waals surface area contributed by atoms with Gasteiger partial charge in [-0.25, -0.2) is 5.84 Å². The standard InChI is InChI=1S/C3H7ClN2O/c4-2-1-3-7-6-5/h1-2,6H,3,5H2. The van der Waals surface area contributed by atoms with Crippen LogP contribution in [-0.2, 0) is 4.84 Å². The van der Waals surface area contributed by atoms with E-state index in [1.807, 2.05) is 5.59 Å². The number of nitrogens with one attached hydrogen (secondary N) is 1. The summed E-state index contributed by atoms with van der Waals surface area (Å²) in [7, 11) is 0. The first-order valence-electron chi connectivity index (χ1n) is 1.74. The monoisotopic (exact) mass is 122 g/mol. The van der Waals surface area contributed by atoms with Crippen molar-refractivity contribution >= 4 is 11.6 Å². The van der Waals surface area contributed by atoms with Crippen molar-refractivity contribution in [1.82, 2.24) is 5.59 Å². The molecule has 0 aromatic rings. The maximum absolute atomic E-state index is 5.11. The fraction of sp³-hybridized carbons (Fsp3) is 0.333. The van der Waals surface area contributed by atoms with Crippen molar-refractivity contribution < 1.29 is 4.84 Å². The van der Waals surface area contributed by atoms with Crippen molar-refractivity contribution in [1.29, 1.82) is 0 Å². The van der Waals surface area contributed by atoms with Crippen LogP contribution in [0.1, 0.15) is 0 Å². The van der Waals surface area contributed by atoms with Crippen molar-refractivity contribution in [2.75, 3.05) is 6.61 Å². The van der Waals surface area contributed by atoms with Crippen molar-refractivity contribution in [3.63, 3.8) is 0 Å². The fourth-order valence-electron chi connectivity index (χ4n) is 0.133. The highest BCUT2D eigenvalue weighted by Gasteiger charge is 1.69. The van der Waals surface area contributed by atoms with Crippen molar-refractivity contribution in [3.8, 4) is 0 Å². The number of hydrogen-bond acceptors (Lipinski definition) is 3. The summed E-state index contributed by atoms with van der Waals surface area (Å²) in [4.78, 5) is 4.43. The Morgan fingerprint density at radius 1 is 1.86 bits per heavy atom. The summed E-state index contributed by atoms with van der Waals surface area (Å²) in [6, 6.07) is 0. The van der Waals surface area contributed by atoms with E-state index in [0.29, 0.717) is 6.61 Å². The molecule has 42 valence electrons. The minimum absolute atomic E-state index is 0.389. The van der Waals surface area contributed by atoms with E-state index in [1.54, 1.807) is 6.08 Å². The largest absolute Gasteiger partial charge is 0.283 e. The predicted octanol–water partition coefficient (Wildman–Crippen LogP) is 0.134. The molecule has 0 aromatic carbocycles. The second kappa shape index (κ2) is 5.91. The second-order valence-electron chi connectivity index (χ2n) is 0.791. The molecule has 0 heterocycles. The van der Waals surface area contributed by atoms with Crippen LogP contribution in [0.15, 0.2) is 11.6 Å². The normalized spacial score (nSPS) is 10.6. The average Bonchev–Trinajstić information content (AvgIpc) is 1.69. The highest BCUT2D eigenvalue weighted by molar-refractivity contribution is 6.25. The first kappa shape index (κ1) is 6.91. The van der Waals surface area contributed by atoms with Crippen LogP contribution in [0.25, 0.3) is 0 Å². The lowest BCUT2D eigenvalue weighted by atomic mass is 10.7. The van der Waals surface area contributed by atoms with Gasteiger partial charge >= 0.3 is 0 Å². The Morgan fingerprint density at radius 3 is 3.00 bits per heavy atom. The van der Waals surface area contributed by atoms with Crippen LogP contribution < -0.4 is 11.4 Å². The molecule has 0 bridgehead atoms. The quantitative estimate of drug-likeness (QED) is 0.318. The highest BCUT2D eigenvalue weighted by Crippen LogP contribution is 1.75. The Bertz CT molecular complexity index is 56.9. The van der Waals surface area contributed by atoms with Crippen molar-refractivity contribution in [3.05, 3.63) is 11.6 Å². The number of hydrogen-bond donors (Lipinski definition) is 2. The predicted molar refractivity (Wildman–Crippen MR) is 28.3 cm³/mol. The summed E-state index contributed by atoms with van der Waals surface area (Å²) in [5, 5.41) is 0. The molecule has 3 nitrogen and oxygen atoms in total. The molecule has 0 aliphatic heterocycles. The average molecular weight is 123 g/mol. The molecule has 0 aliphatic rings. The molecule has 0 rings (SSSR count). The molecule has 0 fully saturated rings. The summed E-state index contributed by atoms with van der Waals surface area (Å²) >= 11 is 5.11. The van der Waals surface area contributed by atoms with Gasteiger partial charge in [0.15, 0.2) is 0 Å². The third-order valence-corrected chi connectivity index (χ3v) is 0.530. The Balaban J connectivity index is 2.69. The third-order valence-electron chi connectivity index (χ3n) is 0.352. The minimum atomic E-state index is 0.389. The summed E-state index contributed by atoms with van der Waals surface area (Å²) in [6.45, 7) is 0.389. The zero-order chi connectivity index (χ0) is 5.54. The highest BCUT2D eigenvalue weighted by atomic mass is 35.5. The summed E-state index contributed by atoms with van der Waals surface area (Å²) < 4.78 is 0. The van der Waals surface area contributed by atoms with Gasteiger partial charge in [-0.1, -0.05) is 11.6 Å². The molecular formula is C3H7ClN2O. The van der Waals surface area contributed by atoms with Gasteiger partial charge in [0, 0.05) is 5.54 Å². The lowest BCUT2D eigenvalue weighted by Crippen LogP contribution is -2.21. The molecule has 0 radical (unpaired) electrons. The van der Waals surface area contributed by atoms with E-state index in [9.17, 15) is 0 Å². The lowest BCUT2D eigenvalue weighted by Gasteiger charge is -1.90. The van der Waals surface area contributed by atoms with Gasteiger partial charge in [0.25, 0.3) is 0 Å². The SMILES string of the molecule is NNOCC=CCl. The topological polar surface area (TPSA) is 47.3 Å². The number of hydrazine groups is 1. The Kier molecular flexibility index (Phi) is 5.83. The third kappa shape index (κ3) is 5.91. The summed E-state index contributed by atoms with van der Waals surface area (Å²) in [5.41, 5.74) is 3.35. The van der Waals surface area contributed by atoms with E-state index in [-0.39, 0.29) is 0 Å². The van der Waals surface area contributed by atoms with Gasteiger partial charge < -0.3 is 0 Å². The van der Waals surface area contributed by atoms with Gasteiger partial charge in [-0.05, 0) is 6.08 Å². The van der Waals surface area contributed by atoms with Crippen LogP contribution in [0, 0.1) is 0 Å². The molecule has 3 N–H and O–H groups in total. The molecule has 0 atom stereocenters. The smallest absolute Gasteiger partial charge is 0.0891 e. The minimum Gasteiger partial charge on any atom is -0.283 e. The van der Waals surface area contributed by atoms with Crippen LogP contribution in [-0.4, -0.2) is 6.61 Å². The van der Waals surface area contributed by atoms with Gasteiger partial charge in [0.2, 0.25) is 0 Å². The number of nitrogens with two attached hydrogens (primary N) is 1. The zero-order valence-electron chi connectivity index (χ0n) is 3.73. The van der Waals surface area contributed by atoms with E-state index in [1.165, 1.54) is 5.54 Å². The van der Waals surface area contributed by atoms with Crippen molar-refractivity contribution in [2.24, 2.45) is 5.84 Å². The number of halogens is 1. The van der Waals surface area contributed by atoms with Gasteiger partial charge in [-0.15, -0.1) is 5.59 Å². The molecule has 0 saturated heterocycles. The molecule has 7 heavy (non-hydrogen) atoms. The maximum atomic E-state index is 5.11. The van der Waals surface area contributed by atoms with E-state index in [4.69, 9.17) is 17.4 Å². The van der Waals surface area contributed by atoms with Crippen LogP contribution in [0.3, 0.4) is 0 Å². The molecule has 0 aromatic heterocycles. The molecule has 4 heteroatoms. The summed E-state index contributed by atoms with van der Waals surface area (Å²) in [6.07, 6.45) is 1.61. The molecule has 0 saturated carbocycles. The second-order valence-corrected chi connectivity index (χ2v) is 1.04. The first-order valence-corrected chi connectivity index (χ1v) is 2.18. The molecule has 0 unspecified atom stereocenters. The Labute approximate surface area is 47.0 Å². The van der Waals surface area contributed by atoms with Crippen LogP contribution in [0.4, 0.5) is 0 Å². The number of rotatable bonds is 3. The van der Waals surface area contributed by atoms with Crippen LogP contribution >= 0.6 is 11.6 Å². The Morgan fingerprint density at radius 2 is 2.57 bits per heavy atom. The zero-order valence-corrected chi connectivity index (χ0v) is 4.48. The van der Waals surface area contributed by atoms with E-state index >= 15 is 0 Å². The van der Waals surface area contributed by atoms with Crippen LogP contribution in [0.5, 0.6) is 0 Å². The van der Waals surface area contributed by atoms with E-state index in [0.717, 1.165) is 0 Å². The van der Waals surface area contributed by atoms with Gasteiger partial charge in [-0.3, -0.25) is 4.84 Å². The molecule has 0 amide bonds. The maximum Gasteiger partial charge on any atom is 0.0891 e. The van der Waals surface area contributed by atoms with E-state index in [2.05, 4.69) is 4.84 Å². The molecule has 0 spiro atoms. The van der Waals surface area contributed by atoms with Crippen LogP contribution in [0.2, 0.25) is 0 Å². The molecule has 0 aliphatic carbocycles. The Hall–Kier alpha value is -0.0900. The van der Waals surface area contributed by atoms with E-state index < -0.39 is 0 Å². The lowest BCUT2D eigenvalue weighted by molar-refractivity contribution is 0.0629. The fourth-order valence-corrected chi connectivity index (χ4v) is 0.205. The molecular weight excluding hydrogens is 115 g/mol. The van der Waals surface area contributed by atoms with Gasteiger partial charge in [-0.2, -0.15) is 0 Å². The van der Waals surface area contributed by atoms with Gasteiger partial charge in [0.05, 0.1) is 6.61 Å². The van der Waals surface area contributed by atoms with Gasteiger partial charge in [0.1, 0.15) is 0 Å². The first-order chi connectivity index (χ1) is 3.41. The van der Waals surface area contributed by atoms with Crippen molar-refractivity contribution in [2.45, 2.75) is 0 Å².